The molecule has 0 amide bonds. The molecule has 1 aliphatic rings. The molecule has 1 saturated heterocycles. The van der Waals surface area contributed by atoms with Gasteiger partial charge in [-0.25, -0.2) is 16.8 Å². The topological polar surface area (TPSA) is 83.6 Å². The van der Waals surface area contributed by atoms with Gasteiger partial charge in [-0.1, -0.05) is 6.07 Å². The molecule has 0 bridgehead atoms. The average molecular weight is 409 g/mol. The van der Waals surface area contributed by atoms with Crippen molar-refractivity contribution in [2.75, 3.05) is 21.3 Å². The molecule has 1 heterocycles. The summed E-state index contributed by atoms with van der Waals surface area (Å²) in [4.78, 5) is 0.297. The second kappa shape index (κ2) is 6.83. The number of hydrogen-bond acceptors (Lipinski definition) is 4. The number of benzene rings is 2. The van der Waals surface area contributed by atoms with Crippen molar-refractivity contribution in [2.24, 2.45) is 0 Å². The summed E-state index contributed by atoms with van der Waals surface area (Å²) < 4.78 is 54.0. The van der Waals surface area contributed by atoms with Gasteiger partial charge in [0, 0.05) is 12.2 Å². The third-order valence-electron chi connectivity index (χ3n) is 5.07. The number of hydrogen-bond donors (Lipinski definition) is 1. The molecule has 0 aromatic heterocycles. The molecule has 6 nitrogen and oxygen atoms in total. The van der Waals surface area contributed by atoms with Gasteiger partial charge in [-0.3, -0.25) is 9.03 Å². The van der Waals surface area contributed by atoms with Crippen LogP contribution < -0.4 is 9.03 Å². The third kappa shape index (κ3) is 3.68. The van der Waals surface area contributed by atoms with Crippen LogP contribution in [0.4, 0.5) is 11.4 Å². The van der Waals surface area contributed by atoms with Crippen LogP contribution in [0.15, 0.2) is 35.2 Å². The Hall–Kier alpha value is -2.06. The molecule has 27 heavy (non-hydrogen) atoms. The molecule has 1 fully saturated rings. The van der Waals surface area contributed by atoms with E-state index in [4.69, 9.17) is 0 Å². The molecule has 2 aromatic rings. The van der Waals surface area contributed by atoms with Crippen molar-refractivity contribution in [3.8, 4) is 0 Å². The van der Waals surface area contributed by atoms with Gasteiger partial charge in [0.05, 0.1) is 16.3 Å². The fourth-order valence-electron chi connectivity index (χ4n) is 3.42. The minimum Gasteiger partial charge on any atom is -0.280 e. The lowest BCUT2D eigenvalue weighted by atomic mass is 10.0. The summed E-state index contributed by atoms with van der Waals surface area (Å²) >= 11 is 0. The quantitative estimate of drug-likeness (QED) is 0.842. The average Bonchev–Trinajstić information content (AvgIpc) is 2.93. The van der Waals surface area contributed by atoms with Crippen LogP contribution in [0.1, 0.15) is 28.7 Å². The lowest BCUT2D eigenvalue weighted by molar-refractivity contribution is 0.597. The summed E-state index contributed by atoms with van der Waals surface area (Å²) in [6, 6.07) is 8.42. The van der Waals surface area contributed by atoms with Gasteiger partial charge in [0.1, 0.15) is 0 Å². The number of nitrogens with zero attached hydrogens (tertiary/aromatic N) is 1. The monoisotopic (exact) mass is 408 g/mol. The van der Waals surface area contributed by atoms with Gasteiger partial charge >= 0.3 is 0 Å². The summed E-state index contributed by atoms with van der Waals surface area (Å²) in [6.45, 7) is 7.85. The van der Waals surface area contributed by atoms with E-state index in [-0.39, 0.29) is 5.75 Å². The molecule has 0 radical (unpaired) electrons. The SMILES string of the molecule is Cc1cc(C)c(C)c(S(=O)(=O)Nc2ccc(N3CCCS3(=O)=O)cc2)c1C. The number of aryl methyl sites for hydroxylation is 2. The van der Waals surface area contributed by atoms with Gasteiger partial charge in [-0.15, -0.1) is 0 Å². The maximum atomic E-state index is 13.0. The largest absolute Gasteiger partial charge is 0.280 e. The number of nitrogens with one attached hydrogen (secondary N) is 1. The van der Waals surface area contributed by atoms with Crippen LogP contribution in [-0.4, -0.2) is 29.1 Å². The standard InChI is InChI=1S/C19H24N2O4S2/c1-13-12-14(2)16(4)19(15(13)3)27(24,25)20-17-6-8-18(9-7-17)21-10-5-11-26(21,22)23/h6-9,12,20H,5,10-11H2,1-4H3. The molecule has 0 spiro atoms. The predicted molar refractivity (Wildman–Crippen MR) is 108 cm³/mol. The van der Waals surface area contributed by atoms with E-state index in [1.807, 2.05) is 19.9 Å². The van der Waals surface area contributed by atoms with E-state index < -0.39 is 20.0 Å². The van der Waals surface area contributed by atoms with Crippen molar-refractivity contribution >= 4 is 31.4 Å². The molecule has 0 aliphatic carbocycles. The van der Waals surface area contributed by atoms with Crippen molar-refractivity contribution in [1.82, 2.24) is 0 Å². The molecule has 0 saturated carbocycles. The maximum Gasteiger partial charge on any atom is 0.262 e. The van der Waals surface area contributed by atoms with Crippen LogP contribution in [-0.2, 0) is 20.0 Å². The smallest absolute Gasteiger partial charge is 0.262 e. The first-order valence-electron chi connectivity index (χ1n) is 8.73. The molecule has 1 N–H and O–H groups in total. The molecule has 0 atom stereocenters. The molecule has 0 unspecified atom stereocenters. The molecule has 1 aliphatic heterocycles. The van der Waals surface area contributed by atoms with E-state index in [0.29, 0.717) is 29.2 Å². The van der Waals surface area contributed by atoms with Crippen LogP contribution in [0.25, 0.3) is 0 Å². The zero-order valence-corrected chi connectivity index (χ0v) is 17.5. The number of rotatable bonds is 4. The Bertz CT molecular complexity index is 1060. The van der Waals surface area contributed by atoms with E-state index in [1.165, 1.54) is 4.31 Å². The van der Waals surface area contributed by atoms with Crippen molar-refractivity contribution in [1.29, 1.82) is 0 Å². The minimum absolute atomic E-state index is 0.145. The Morgan fingerprint density at radius 1 is 0.963 bits per heavy atom. The van der Waals surface area contributed by atoms with E-state index in [2.05, 4.69) is 4.72 Å². The van der Waals surface area contributed by atoms with Crippen molar-refractivity contribution in [3.63, 3.8) is 0 Å². The van der Waals surface area contributed by atoms with E-state index in [0.717, 1.165) is 22.3 Å². The highest BCUT2D eigenvalue weighted by Crippen LogP contribution is 2.29. The Kier molecular flexibility index (Phi) is 4.98. The predicted octanol–water partition coefficient (Wildman–Crippen LogP) is 3.26. The molecule has 2 aromatic carbocycles. The van der Waals surface area contributed by atoms with Crippen LogP contribution in [0.3, 0.4) is 0 Å². The van der Waals surface area contributed by atoms with E-state index in [1.54, 1.807) is 38.1 Å². The molecule has 146 valence electrons. The molecule has 3 rings (SSSR count). The third-order valence-corrected chi connectivity index (χ3v) is 8.60. The molecule has 8 heteroatoms. The summed E-state index contributed by atoms with van der Waals surface area (Å²) in [5.74, 6) is 0.145. The summed E-state index contributed by atoms with van der Waals surface area (Å²) in [6.07, 6.45) is 0.599. The van der Waals surface area contributed by atoms with Crippen molar-refractivity contribution < 1.29 is 16.8 Å². The second-order valence-corrected chi connectivity index (χ2v) is 10.6. The first-order chi connectivity index (χ1) is 12.5. The lowest BCUT2D eigenvalue weighted by Crippen LogP contribution is -2.25. The fraction of sp³-hybridized carbons (Fsp3) is 0.368. The first kappa shape index (κ1) is 19.7. The van der Waals surface area contributed by atoms with E-state index >= 15 is 0 Å². The molecular formula is C19H24N2O4S2. The van der Waals surface area contributed by atoms with Crippen molar-refractivity contribution in [3.05, 3.63) is 52.6 Å². The fourth-order valence-corrected chi connectivity index (χ4v) is 6.66. The van der Waals surface area contributed by atoms with Crippen LogP contribution in [0.5, 0.6) is 0 Å². The summed E-state index contributed by atoms with van der Waals surface area (Å²) in [5, 5.41) is 0. The summed E-state index contributed by atoms with van der Waals surface area (Å²) in [5.41, 5.74) is 4.25. The summed E-state index contributed by atoms with van der Waals surface area (Å²) in [7, 11) is -7.01. The van der Waals surface area contributed by atoms with Gasteiger partial charge in [-0.05, 0) is 80.6 Å². The molecular weight excluding hydrogens is 384 g/mol. The van der Waals surface area contributed by atoms with Gasteiger partial charge in [0.15, 0.2) is 0 Å². The normalized spacial score (nSPS) is 16.5. The Morgan fingerprint density at radius 2 is 1.52 bits per heavy atom. The number of sulfonamides is 2. The zero-order chi connectivity index (χ0) is 20.0. The Morgan fingerprint density at radius 3 is 2.00 bits per heavy atom. The van der Waals surface area contributed by atoms with Crippen LogP contribution in [0.2, 0.25) is 0 Å². The Labute approximate surface area is 161 Å². The van der Waals surface area contributed by atoms with Crippen LogP contribution in [0, 0.1) is 27.7 Å². The Balaban J connectivity index is 1.92. The van der Waals surface area contributed by atoms with E-state index in [9.17, 15) is 16.8 Å². The zero-order valence-electron chi connectivity index (χ0n) is 15.9. The van der Waals surface area contributed by atoms with Gasteiger partial charge in [0.25, 0.3) is 10.0 Å². The lowest BCUT2D eigenvalue weighted by Gasteiger charge is -2.18. The number of anilines is 2. The van der Waals surface area contributed by atoms with Gasteiger partial charge in [-0.2, -0.15) is 0 Å². The minimum atomic E-state index is -3.76. The highest BCUT2D eigenvalue weighted by molar-refractivity contribution is 7.93. The van der Waals surface area contributed by atoms with Crippen molar-refractivity contribution in [2.45, 2.75) is 39.0 Å². The highest BCUT2D eigenvalue weighted by Gasteiger charge is 2.28. The maximum absolute atomic E-state index is 13.0. The highest BCUT2D eigenvalue weighted by atomic mass is 32.2. The second-order valence-electron chi connectivity index (χ2n) is 6.98. The van der Waals surface area contributed by atoms with Gasteiger partial charge < -0.3 is 0 Å². The first-order valence-corrected chi connectivity index (χ1v) is 11.8. The van der Waals surface area contributed by atoms with Gasteiger partial charge in [0.2, 0.25) is 10.0 Å². The van der Waals surface area contributed by atoms with Crippen LogP contribution >= 0.6 is 0 Å².